The molecule has 21 heavy (non-hydrogen) atoms. The van der Waals surface area contributed by atoms with E-state index in [0.29, 0.717) is 11.6 Å². The number of nitro groups is 1. The number of benzene rings is 1. The summed E-state index contributed by atoms with van der Waals surface area (Å²) in [5.41, 5.74) is 0.105. The van der Waals surface area contributed by atoms with Crippen molar-refractivity contribution in [3.05, 3.63) is 28.3 Å². The maximum Gasteiger partial charge on any atom is 0.270 e. The zero-order chi connectivity index (χ0) is 15.6. The standard InChI is InChI=1S/C13H19N3O4S/c1-9-3-4-10(7-9)15-21(19,20)13-8-11(16(17)18)5-6-12(13)14-2/h5-6,8-10,14-15H,3-4,7H2,1-2H3. The highest BCUT2D eigenvalue weighted by molar-refractivity contribution is 7.89. The first-order valence-electron chi connectivity index (χ1n) is 6.82. The number of hydrogen-bond acceptors (Lipinski definition) is 5. The van der Waals surface area contributed by atoms with Crippen LogP contribution in [0.2, 0.25) is 0 Å². The van der Waals surface area contributed by atoms with Gasteiger partial charge in [-0.2, -0.15) is 0 Å². The summed E-state index contributed by atoms with van der Waals surface area (Å²) in [7, 11) is -2.20. The third-order valence-corrected chi connectivity index (χ3v) is 5.31. The van der Waals surface area contributed by atoms with E-state index in [1.807, 2.05) is 0 Å². The summed E-state index contributed by atoms with van der Waals surface area (Å²) >= 11 is 0. The Morgan fingerprint density at radius 2 is 2.05 bits per heavy atom. The molecular formula is C13H19N3O4S. The van der Waals surface area contributed by atoms with Gasteiger partial charge in [-0.3, -0.25) is 10.1 Å². The van der Waals surface area contributed by atoms with Gasteiger partial charge in [0.25, 0.3) is 5.69 Å². The average molecular weight is 313 g/mol. The van der Waals surface area contributed by atoms with Gasteiger partial charge in [0.2, 0.25) is 10.0 Å². The Labute approximate surface area is 123 Å². The molecule has 1 aromatic rings. The van der Waals surface area contributed by atoms with Crippen LogP contribution in [0.5, 0.6) is 0 Å². The zero-order valence-corrected chi connectivity index (χ0v) is 12.8. The van der Waals surface area contributed by atoms with Crippen molar-refractivity contribution in [2.45, 2.75) is 37.1 Å². The van der Waals surface area contributed by atoms with Crippen molar-refractivity contribution in [2.24, 2.45) is 5.92 Å². The maximum absolute atomic E-state index is 12.5. The van der Waals surface area contributed by atoms with Crippen molar-refractivity contribution in [3.8, 4) is 0 Å². The summed E-state index contributed by atoms with van der Waals surface area (Å²) in [6.07, 6.45) is 2.58. The molecule has 1 aliphatic rings. The molecule has 1 aromatic carbocycles. The van der Waals surface area contributed by atoms with E-state index in [4.69, 9.17) is 0 Å². The van der Waals surface area contributed by atoms with Crippen molar-refractivity contribution in [1.29, 1.82) is 0 Å². The Morgan fingerprint density at radius 3 is 2.57 bits per heavy atom. The van der Waals surface area contributed by atoms with Crippen LogP contribution in [-0.4, -0.2) is 26.4 Å². The smallest absolute Gasteiger partial charge is 0.270 e. The summed E-state index contributed by atoms with van der Waals surface area (Å²) in [5.74, 6) is 0.492. The second-order valence-electron chi connectivity index (χ2n) is 5.42. The Kier molecular flexibility index (Phi) is 4.48. The Morgan fingerprint density at radius 1 is 1.33 bits per heavy atom. The lowest BCUT2D eigenvalue weighted by atomic mass is 10.1. The molecule has 2 unspecified atom stereocenters. The summed E-state index contributed by atoms with van der Waals surface area (Å²) in [6, 6.07) is 3.67. The molecule has 2 rings (SSSR count). The van der Waals surface area contributed by atoms with E-state index in [1.165, 1.54) is 12.1 Å². The highest BCUT2D eigenvalue weighted by atomic mass is 32.2. The molecule has 2 atom stereocenters. The first-order chi connectivity index (χ1) is 9.83. The fraction of sp³-hybridized carbons (Fsp3) is 0.538. The minimum absolute atomic E-state index is 0.0845. The van der Waals surface area contributed by atoms with E-state index in [2.05, 4.69) is 17.0 Å². The monoisotopic (exact) mass is 313 g/mol. The van der Waals surface area contributed by atoms with Crippen molar-refractivity contribution in [2.75, 3.05) is 12.4 Å². The molecule has 0 radical (unpaired) electrons. The summed E-state index contributed by atoms with van der Waals surface area (Å²) in [6.45, 7) is 2.08. The lowest BCUT2D eigenvalue weighted by Gasteiger charge is -2.15. The van der Waals surface area contributed by atoms with Crippen molar-refractivity contribution >= 4 is 21.4 Å². The average Bonchev–Trinajstić information content (AvgIpc) is 2.82. The first-order valence-corrected chi connectivity index (χ1v) is 8.30. The van der Waals surface area contributed by atoms with Gasteiger partial charge in [0.1, 0.15) is 4.90 Å². The van der Waals surface area contributed by atoms with E-state index < -0.39 is 14.9 Å². The van der Waals surface area contributed by atoms with E-state index in [0.717, 1.165) is 25.3 Å². The third-order valence-electron chi connectivity index (χ3n) is 3.75. The third kappa shape index (κ3) is 3.51. The molecule has 116 valence electrons. The molecule has 0 aromatic heterocycles. The number of rotatable bonds is 5. The SMILES string of the molecule is CNc1ccc([N+](=O)[O-])cc1S(=O)(=O)NC1CCC(C)C1. The van der Waals surface area contributed by atoms with Gasteiger partial charge in [0.15, 0.2) is 0 Å². The number of nitrogens with zero attached hydrogens (tertiary/aromatic N) is 1. The fourth-order valence-corrected chi connectivity index (χ4v) is 4.17. The van der Waals surface area contributed by atoms with Gasteiger partial charge in [-0.15, -0.1) is 0 Å². The summed E-state index contributed by atoms with van der Waals surface area (Å²) in [4.78, 5) is 10.2. The molecule has 0 saturated heterocycles. The van der Waals surface area contributed by atoms with Gasteiger partial charge >= 0.3 is 0 Å². The summed E-state index contributed by atoms with van der Waals surface area (Å²) in [5, 5.41) is 13.6. The topological polar surface area (TPSA) is 101 Å². The number of sulfonamides is 1. The van der Waals surface area contributed by atoms with Gasteiger partial charge in [0, 0.05) is 25.2 Å². The van der Waals surface area contributed by atoms with Crippen LogP contribution in [0.15, 0.2) is 23.1 Å². The predicted octanol–water partition coefficient (Wildman–Crippen LogP) is 2.10. The molecule has 1 aliphatic carbocycles. The van der Waals surface area contributed by atoms with Crippen LogP contribution in [-0.2, 0) is 10.0 Å². The highest BCUT2D eigenvalue weighted by Gasteiger charge is 2.28. The van der Waals surface area contributed by atoms with Crippen molar-refractivity contribution in [1.82, 2.24) is 4.72 Å². The van der Waals surface area contributed by atoms with Crippen molar-refractivity contribution in [3.63, 3.8) is 0 Å². The lowest BCUT2D eigenvalue weighted by molar-refractivity contribution is -0.385. The molecule has 0 bridgehead atoms. The minimum atomic E-state index is -3.78. The Bertz CT molecular complexity index is 645. The number of nitrogens with one attached hydrogen (secondary N) is 2. The van der Waals surface area contributed by atoms with Crippen LogP contribution in [0.3, 0.4) is 0 Å². The van der Waals surface area contributed by atoms with E-state index >= 15 is 0 Å². The van der Waals surface area contributed by atoms with Crippen LogP contribution in [0.4, 0.5) is 11.4 Å². The molecule has 2 N–H and O–H groups in total. The lowest BCUT2D eigenvalue weighted by Crippen LogP contribution is -2.33. The van der Waals surface area contributed by atoms with Gasteiger partial charge in [-0.05, 0) is 31.2 Å². The van der Waals surface area contributed by atoms with Crippen LogP contribution >= 0.6 is 0 Å². The van der Waals surface area contributed by atoms with Crippen LogP contribution < -0.4 is 10.0 Å². The number of nitro benzene ring substituents is 1. The second-order valence-corrected chi connectivity index (χ2v) is 7.11. The maximum atomic E-state index is 12.5. The number of hydrogen-bond donors (Lipinski definition) is 2. The second kappa shape index (κ2) is 5.98. The Hall–Kier alpha value is -1.67. The van der Waals surface area contributed by atoms with Crippen LogP contribution in [0, 0.1) is 16.0 Å². The normalized spacial score (nSPS) is 22.2. The van der Waals surface area contributed by atoms with Crippen LogP contribution in [0.25, 0.3) is 0 Å². The van der Waals surface area contributed by atoms with E-state index in [-0.39, 0.29) is 16.6 Å². The molecule has 1 saturated carbocycles. The molecule has 0 amide bonds. The molecule has 7 nitrogen and oxygen atoms in total. The zero-order valence-electron chi connectivity index (χ0n) is 12.0. The van der Waals surface area contributed by atoms with Gasteiger partial charge in [0.05, 0.1) is 10.6 Å². The largest absolute Gasteiger partial charge is 0.387 e. The molecule has 0 heterocycles. The van der Waals surface area contributed by atoms with E-state index in [1.54, 1.807) is 7.05 Å². The predicted molar refractivity (Wildman–Crippen MR) is 79.8 cm³/mol. The van der Waals surface area contributed by atoms with E-state index in [9.17, 15) is 18.5 Å². The minimum Gasteiger partial charge on any atom is -0.387 e. The molecule has 8 heteroatoms. The molecule has 1 fully saturated rings. The van der Waals surface area contributed by atoms with Crippen molar-refractivity contribution < 1.29 is 13.3 Å². The number of non-ortho nitro benzene ring substituents is 1. The quantitative estimate of drug-likeness (QED) is 0.640. The Balaban J connectivity index is 2.33. The highest BCUT2D eigenvalue weighted by Crippen LogP contribution is 2.29. The number of anilines is 1. The van der Waals surface area contributed by atoms with Gasteiger partial charge < -0.3 is 5.32 Å². The fourth-order valence-electron chi connectivity index (χ4n) is 2.65. The molecule has 0 aliphatic heterocycles. The van der Waals surface area contributed by atoms with Gasteiger partial charge in [-0.25, -0.2) is 13.1 Å². The molecule has 0 spiro atoms. The van der Waals surface area contributed by atoms with Crippen LogP contribution in [0.1, 0.15) is 26.2 Å². The first kappa shape index (κ1) is 15.7. The van der Waals surface area contributed by atoms with Gasteiger partial charge in [-0.1, -0.05) is 6.92 Å². The molecular weight excluding hydrogens is 294 g/mol. The summed E-state index contributed by atoms with van der Waals surface area (Å²) < 4.78 is 27.6.